The topological polar surface area (TPSA) is 40.5 Å². The maximum absolute atomic E-state index is 12.3. The molecule has 1 aromatic carbocycles. The molecule has 5 heteroatoms. The quantitative estimate of drug-likeness (QED) is 0.858. The van der Waals surface area contributed by atoms with Crippen molar-refractivity contribution in [1.29, 1.82) is 0 Å². The zero-order valence-electron chi connectivity index (χ0n) is 11.8. The highest BCUT2D eigenvalue weighted by Gasteiger charge is 2.23. The maximum Gasteiger partial charge on any atom is 0.246 e. The van der Waals surface area contributed by atoms with Crippen LogP contribution in [0.3, 0.4) is 0 Å². The number of likely N-dealkylation sites (tertiary alicyclic amines) is 1. The molecule has 1 unspecified atom stereocenters. The number of carbonyl (C=O) groups excluding carboxylic acids is 1. The van der Waals surface area contributed by atoms with Crippen LogP contribution < -0.4 is 0 Å². The lowest BCUT2D eigenvalue weighted by Gasteiger charge is -2.27. The van der Waals surface area contributed by atoms with Crippen molar-refractivity contribution >= 4 is 35.2 Å². The van der Waals surface area contributed by atoms with Gasteiger partial charge in [0.05, 0.1) is 22.7 Å². The minimum atomic E-state index is -0.0907. The Kier molecular flexibility index (Phi) is 6.09. The molecule has 1 aliphatic rings. The van der Waals surface area contributed by atoms with Crippen molar-refractivity contribution in [3.8, 4) is 0 Å². The Morgan fingerprint density at radius 2 is 2.14 bits per heavy atom. The van der Waals surface area contributed by atoms with Gasteiger partial charge in [-0.25, -0.2) is 0 Å². The number of nitrogens with zero attached hydrogens (tertiary/aromatic N) is 1. The van der Waals surface area contributed by atoms with E-state index in [1.807, 2.05) is 6.07 Å². The molecule has 1 aliphatic heterocycles. The summed E-state index contributed by atoms with van der Waals surface area (Å²) in [4.78, 5) is 14.1. The van der Waals surface area contributed by atoms with Crippen LogP contribution in [0.2, 0.25) is 10.0 Å². The van der Waals surface area contributed by atoms with Crippen molar-refractivity contribution in [2.75, 3.05) is 13.2 Å². The molecule has 1 amide bonds. The summed E-state index contributed by atoms with van der Waals surface area (Å²) in [6.45, 7) is 0.704. The SMILES string of the molecule is O=C(/C=C/c1cccc(Cl)c1Cl)N1CCCCCC1CO. The third kappa shape index (κ3) is 4.22. The fourth-order valence-electron chi connectivity index (χ4n) is 2.56. The van der Waals surface area contributed by atoms with E-state index >= 15 is 0 Å². The van der Waals surface area contributed by atoms with Crippen LogP contribution in [0.25, 0.3) is 6.08 Å². The van der Waals surface area contributed by atoms with E-state index in [1.165, 1.54) is 6.08 Å². The predicted molar refractivity (Wildman–Crippen MR) is 86.6 cm³/mol. The zero-order chi connectivity index (χ0) is 15.2. The number of aliphatic hydroxyl groups is 1. The van der Waals surface area contributed by atoms with Gasteiger partial charge in [-0.15, -0.1) is 0 Å². The highest BCUT2D eigenvalue weighted by molar-refractivity contribution is 6.42. The predicted octanol–water partition coefficient (Wildman–Crippen LogP) is 3.77. The minimum Gasteiger partial charge on any atom is -0.394 e. The average Bonchev–Trinajstić information content (AvgIpc) is 2.73. The normalized spacial score (nSPS) is 19.8. The molecular formula is C16H19Cl2NO2. The summed E-state index contributed by atoms with van der Waals surface area (Å²) in [5.41, 5.74) is 0.716. The van der Waals surface area contributed by atoms with Crippen molar-refractivity contribution in [3.05, 3.63) is 39.9 Å². The molecule has 2 rings (SSSR count). The Morgan fingerprint density at radius 3 is 2.90 bits per heavy atom. The number of benzene rings is 1. The number of aliphatic hydroxyl groups excluding tert-OH is 1. The summed E-state index contributed by atoms with van der Waals surface area (Å²) < 4.78 is 0. The summed E-state index contributed by atoms with van der Waals surface area (Å²) in [5, 5.41) is 10.4. The van der Waals surface area contributed by atoms with Gasteiger partial charge in [0.2, 0.25) is 5.91 Å². The molecule has 0 aliphatic carbocycles. The van der Waals surface area contributed by atoms with Gasteiger partial charge in [0.25, 0.3) is 0 Å². The van der Waals surface area contributed by atoms with Crippen LogP contribution in [-0.2, 0) is 4.79 Å². The van der Waals surface area contributed by atoms with Gasteiger partial charge in [-0.3, -0.25) is 4.79 Å². The number of hydrogen-bond donors (Lipinski definition) is 1. The van der Waals surface area contributed by atoms with Gasteiger partial charge in [0, 0.05) is 12.6 Å². The monoisotopic (exact) mass is 327 g/mol. The first kappa shape index (κ1) is 16.3. The van der Waals surface area contributed by atoms with Gasteiger partial charge in [-0.2, -0.15) is 0 Å². The second kappa shape index (κ2) is 7.83. The smallest absolute Gasteiger partial charge is 0.246 e. The summed E-state index contributed by atoms with van der Waals surface area (Å²) in [5.74, 6) is -0.0907. The van der Waals surface area contributed by atoms with Crippen molar-refractivity contribution in [2.24, 2.45) is 0 Å². The lowest BCUT2D eigenvalue weighted by atomic mass is 10.1. The zero-order valence-corrected chi connectivity index (χ0v) is 13.3. The summed E-state index contributed by atoms with van der Waals surface area (Å²) in [6.07, 6.45) is 7.17. The Labute approximate surface area is 135 Å². The molecule has 0 aromatic heterocycles. The number of halogens is 2. The van der Waals surface area contributed by atoms with E-state index < -0.39 is 0 Å². The van der Waals surface area contributed by atoms with Crippen molar-refractivity contribution < 1.29 is 9.90 Å². The number of carbonyl (C=O) groups is 1. The Hall–Kier alpha value is -1.03. The second-order valence-electron chi connectivity index (χ2n) is 5.19. The molecule has 0 radical (unpaired) electrons. The number of hydrogen-bond acceptors (Lipinski definition) is 2. The van der Waals surface area contributed by atoms with Crippen LogP contribution in [0.15, 0.2) is 24.3 Å². The van der Waals surface area contributed by atoms with Gasteiger partial charge in [-0.05, 0) is 30.5 Å². The summed E-state index contributed by atoms with van der Waals surface area (Å²) >= 11 is 12.0. The molecule has 1 aromatic rings. The van der Waals surface area contributed by atoms with E-state index in [9.17, 15) is 9.90 Å². The first-order valence-corrected chi connectivity index (χ1v) is 7.92. The van der Waals surface area contributed by atoms with E-state index in [2.05, 4.69) is 0 Å². The molecule has 0 spiro atoms. The third-order valence-electron chi connectivity index (χ3n) is 3.76. The Bertz CT molecular complexity index is 531. The van der Waals surface area contributed by atoms with Gasteiger partial charge in [0.1, 0.15) is 0 Å². The summed E-state index contributed by atoms with van der Waals surface area (Å²) in [7, 11) is 0. The van der Waals surface area contributed by atoms with E-state index in [-0.39, 0.29) is 18.6 Å². The molecule has 1 atom stereocenters. The van der Waals surface area contributed by atoms with Gasteiger partial charge in [0.15, 0.2) is 0 Å². The van der Waals surface area contributed by atoms with Gasteiger partial charge >= 0.3 is 0 Å². The molecule has 21 heavy (non-hydrogen) atoms. The molecule has 0 bridgehead atoms. The van der Waals surface area contributed by atoms with Crippen LogP contribution in [0, 0.1) is 0 Å². The van der Waals surface area contributed by atoms with E-state index in [4.69, 9.17) is 23.2 Å². The highest BCUT2D eigenvalue weighted by atomic mass is 35.5. The average molecular weight is 328 g/mol. The largest absolute Gasteiger partial charge is 0.394 e. The van der Waals surface area contributed by atoms with Crippen LogP contribution in [0.5, 0.6) is 0 Å². The van der Waals surface area contributed by atoms with Crippen LogP contribution in [-0.4, -0.2) is 35.1 Å². The number of rotatable bonds is 3. The highest BCUT2D eigenvalue weighted by Crippen LogP contribution is 2.26. The van der Waals surface area contributed by atoms with Crippen molar-refractivity contribution in [2.45, 2.75) is 31.7 Å². The third-order valence-corrected chi connectivity index (χ3v) is 4.59. The lowest BCUT2D eigenvalue weighted by molar-refractivity contribution is -0.129. The van der Waals surface area contributed by atoms with Crippen molar-refractivity contribution in [1.82, 2.24) is 4.90 Å². The molecule has 1 saturated heterocycles. The van der Waals surface area contributed by atoms with Gasteiger partial charge in [-0.1, -0.05) is 48.2 Å². The Balaban J connectivity index is 2.12. The van der Waals surface area contributed by atoms with Crippen LogP contribution >= 0.6 is 23.2 Å². The fourth-order valence-corrected chi connectivity index (χ4v) is 2.93. The Morgan fingerprint density at radius 1 is 1.33 bits per heavy atom. The molecule has 1 N–H and O–H groups in total. The van der Waals surface area contributed by atoms with Gasteiger partial charge < -0.3 is 10.0 Å². The van der Waals surface area contributed by atoms with Crippen molar-refractivity contribution in [3.63, 3.8) is 0 Å². The molecule has 1 fully saturated rings. The molecular weight excluding hydrogens is 309 g/mol. The van der Waals surface area contributed by atoms with Crippen LogP contribution in [0.1, 0.15) is 31.2 Å². The second-order valence-corrected chi connectivity index (χ2v) is 5.98. The maximum atomic E-state index is 12.3. The lowest BCUT2D eigenvalue weighted by Crippen LogP contribution is -2.41. The summed E-state index contributed by atoms with van der Waals surface area (Å²) in [6, 6.07) is 5.23. The number of amides is 1. The first-order chi connectivity index (χ1) is 10.1. The molecule has 3 nitrogen and oxygen atoms in total. The molecule has 114 valence electrons. The van der Waals surface area contributed by atoms with E-state index in [0.29, 0.717) is 22.2 Å². The molecule has 1 heterocycles. The fraction of sp³-hybridized carbons (Fsp3) is 0.438. The first-order valence-electron chi connectivity index (χ1n) is 7.17. The molecule has 0 saturated carbocycles. The van der Waals surface area contributed by atoms with E-state index in [1.54, 1.807) is 23.1 Å². The standard InChI is InChI=1S/C16H19Cl2NO2/c17-14-7-4-5-12(16(14)18)8-9-15(21)19-10-3-1-2-6-13(19)11-20/h4-5,7-9,13,20H,1-3,6,10-11H2/b9-8+. The van der Waals surface area contributed by atoms with Crippen LogP contribution in [0.4, 0.5) is 0 Å². The van der Waals surface area contributed by atoms with E-state index in [0.717, 1.165) is 25.7 Å². The minimum absolute atomic E-state index is 0.0114.